The van der Waals surface area contributed by atoms with Crippen LogP contribution in [0.3, 0.4) is 0 Å². The standard InChI is InChI=1S/C48H92O6/c1-6-7-8-9-10-11-12-13-16-20-23-30-35-40-48(51)54-45(42-53-47(50)39-34-29-25-24-27-32-37-44(4)5)41-52-46(49)38-33-28-22-19-17-14-15-18-21-26-31-36-43(2)3/h43-45H,6-42H2,1-5H3/t45-/m0/s1. The molecule has 0 radical (unpaired) electrons. The van der Waals surface area contributed by atoms with Gasteiger partial charge in [0.15, 0.2) is 6.10 Å². The zero-order valence-corrected chi connectivity index (χ0v) is 36.8. The van der Waals surface area contributed by atoms with E-state index >= 15 is 0 Å². The summed E-state index contributed by atoms with van der Waals surface area (Å²) in [6.07, 6.45) is 39.5. The molecule has 0 aliphatic rings. The number of carbonyl (C=O) groups excluding carboxylic acids is 3. The molecule has 0 bridgehead atoms. The SMILES string of the molecule is CCCCCCCCCCCCCCCC(=O)O[C@@H](COC(=O)CCCCCCCCCCCCCC(C)C)COC(=O)CCCCCCCCC(C)C. The number of esters is 3. The van der Waals surface area contributed by atoms with Crippen LogP contribution >= 0.6 is 0 Å². The third kappa shape index (κ3) is 41.6. The summed E-state index contributed by atoms with van der Waals surface area (Å²) in [5.74, 6) is 0.731. The number of carbonyl (C=O) groups is 3. The molecule has 0 saturated carbocycles. The summed E-state index contributed by atoms with van der Waals surface area (Å²) in [7, 11) is 0. The lowest BCUT2D eigenvalue weighted by Crippen LogP contribution is -2.30. The minimum Gasteiger partial charge on any atom is -0.462 e. The van der Waals surface area contributed by atoms with Crippen molar-refractivity contribution >= 4 is 17.9 Å². The van der Waals surface area contributed by atoms with E-state index < -0.39 is 6.10 Å². The first-order valence-electron chi connectivity index (χ1n) is 23.7. The third-order valence-corrected chi connectivity index (χ3v) is 10.7. The maximum atomic E-state index is 12.7. The van der Waals surface area contributed by atoms with Gasteiger partial charge in [0.25, 0.3) is 0 Å². The summed E-state index contributed by atoms with van der Waals surface area (Å²) in [5.41, 5.74) is 0. The van der Waals surface area contributed by atoms with Crippen LogP contribution < -0.4 is 0 Å². The van der Waals surface area contributed by atoms with E-state index in [1.54, 1.807) is 0 Å². The van der Waals surface area contributed by atoms with Crippen LogP contribution in [0.2, 0.25) is 0 Å². The summed E-state index contributed by atoms with van der Waals surface area (Å²) in [6, 6.07) is 0. The van der Waals surface area contributed by atoms with Crippen molar-refractivity contribution in [1.29, 1.82) is 0 Å². The lowest BCUT2D eigenvalue weighted by molar-refractivity contribution is -0.167. The molecule has 6 heteroatoms. The molecule has 0 rings (SSSR count). The van der Waals surface area contributed by atoms with Gasteiger partial charge in [0.05, 0.1) is 0 Å². The van der Waals surface area contributed by atoms with Crippen LogP contribution in [-0.4, -0.2) is 37.2 Å². The van der Waals surface area contributed by atoms with Crippen molar-refractivity contribution in [2.75, 3.05) is 13.2 Å². The molecule has 0 aromatic rings. The second kappa shape index (κ2) is 41.1. The van der Waals surface area contributed by atoms with Gasteiger partial charge in [-0.1, -0.05) is 221 Å². The maximum Gasteiger partial charge on any atom is 0.306 e. The summed E-state index contributed by atoms with van der Waals surface area (Å²) >= 11 is 0. The normalized spacial score (nSPS) is 12.1. The van der Waals surface area contributed by atoms with Gasteiger partial charge in [-0.25, -0.2) is 0 Å². The number of rotatable bonds is 42. The largest absolute Gasteiger partial charge is 0.462 e. The predicted molar refractivity (Wildman–Crippen MR) is 229 cm³/mol. The molecule has 0 aromatic heterocycles. The van der Waals surface area contributed by atoms with E-state index in [-0.39, 0.29) is 31.1 Å². The topological polar surface area (TPSA) is 78.9 Å². The van der Waals surface area contributed by atoms with Gasteiger partial charge >= 0.3 is 17.9 Å². The Hall–Kier alpha value is -1.59. The van der Waals surface area contributed by atoms with Gasteiger partial charge < -0.3 is 14.2 Å². The Morgan fingerprint density at radius 2 is 0.611 bits per heavy atom. The second-order valence-corrected chi connectivity index (χ2v) is 17.3. The first-order valence-corrected chi connectivity index (χ1v) is 23.7. The summed E-state index contributed by atoms with van der Waals surface area (Å²) < 4.78 is 16.7. The summed E-state index contributed by atoms with van der Waals surface area (Å²) in [5, 5.41) is 0. The molecule has 1 atom stereocenters. The van der Waals surface area contributed by atoms with Crippen molar-refractivity contribution in [1.82, 2.24) is 0 Å². The first kappa shape index (κ1) is 52.4. The van der Waals surface area contributed by atoms with Gasteiger partial charge in [-0.2, -0.15) is 0 Å². The smallest absolute Gasteiger partial charge is 0.306 e. The van der Waals surface area contributed by atoms with Crippen LogP contribution in [0.5, 0.6) is 0 Å². The van der Waals surface area contributed by atoms with E-state index in [4.69, 9.17) is 14.2 Å². The number of hydrogen-bond acceptors (Lipinski definition) is 6. The fraction of sp³-hybridized carbons (Fsp3) is 0.938. The summed E-state index contributed by atoms with van der Waals surface area (Å²) in [4.78, 5) is 37.7. The van der Waals surface area contributed by atoms with Gasteiger partial charge in [-0.3, -0.25) is 14.4 Å². The molecule has 0 N–H and O–H groups in total. The lowest BCUT2D eigenvalue weighted by atomic mass is 10.0. The molecule has 0 amide bonds. The minimum absolute atomic E-state index is 0.0652. The van der Waals surface area contributed by atoms with Crippen LogP contribution in [0.1, 0.15) is 259 Å². The van der Waals surface area contributed by atoms with Crippen molar-refractivity contribution in [2.24, 2.45) is 11.8 Å². The van der Waals surface area contributed by atoms with E-state index in [9.17, 15) is 14.4 Å². The summed E-state index contributed by atoms with van der Waals surface area (Å²) in [6.45, 7) is 11.3. The molecule has 0 heterocycles. The van der Waals surface area contributed by atoms with E-state index in [2.05, 4.69) is 34.6 Å². The fourth-order valence-electron chi connectivity index (χ4n) is 7.11. The van der Waals surface area contributed by atoms with Crippen molar-refractivity contribution < 1.29 is 28.6 Å². The molecule has 0 unspecified atom stereocenters. The van der Waals surface area contributed by atoms with Gasteiger partial charge in [0, 0.05) is 19.3 Å². The van der Waals surface area contributed by atoms with Crippen LogP contribution in [0.25, 0.3) is 0 Å². The van der Waals surface area contributed by atoms with E-state index in [1.807, 2.05) is 0 Å². The van der Waals surface area contributed by atoms with Gasteiger partial charge in [0.1, 0.15) is 13.2 Å². The average Bonchev–Trinajstić information content (AvgIpc) is 3.14. The van der Waals surface area contributed by atoms with Gasteiger partial charge in [-0.15, -0.1) is 0 Å². The second-order valence-electron chi connectivity index (χ2n) is 17.3. The number of unbranched alkanes of at least 4 members (excludes halogenated alkanes) is 27. The molecule has 0 spiro atoms. The lowest BCUT2D eigenvalue weighted by Gasteiger charge is -2.18. The Kier molecular flexibility index (Phi) is 39.8. The van der Waals surface area contributed by atoms with Crippen molar-refractivity contribution in [3.05, 3.63) is 0 Å². The van der Waals surface area contributed by atoms with Crippen LogP contribution in [0, 0.1) is 11.8 Å². The average molecular weight is 765 g/mol. The van der Waals surface area contributed by atoms with Crippen molar-refractivity contribution in [3.63, 3.8) is 0 Å². The highest BCUT2D eigenvalue weighted by Gasteiger charge is 2.19. The molecule has 0 aliphatic heterocycles. The molecule has 0 saturated heterocycles. The number of hydrogen-bond donors (Lipinski definition) is 0. The molecule has 0 aromatic carbocycles. The zero-order valence-electron chi connectivity index (χ0n) is 36.8. The molecular weight excluding hydrogens is 673 g/mol. The van der Waals surface area contributed by atoms with Crippen molar-refractivity contribution in [2.45, 2.75) is 265 Å². The molecule has 54 heavy (non-hydrogen) atoms. The highest BCUT2D eigenvalue weighted by Crippen LogP contribution is 2.17. The van der Waals surface area contributed by atoms with Gasteiger partial charge in [0.2, 0.25) is 0 Å². The van der Waals surface area contributed by atoms with E-state index in [1.165, 1.54) is 148 Å². The van der Waals surface area contributed by atoms with E-state index in [0.29, 0.717) is 19.3 Å². The Morgan fingerprint density at radius 1 is 0.352 bits per heavy atom. The highest BCUT2D eigenvalue weighted by molar-refractivity contribution is 5.71. The molecular formula is C48H92O6. The molecule has 0 aliphatic carbocycles. The van der Waals surface area contributed by atoms with Gasteiger partial charge in [-0.05, 0) is 31.1 Å². The monoisotopic (exact) mass is 765 g/mol. The maximum absolute atomic E-state index is 12.7. The first-order chi connectivity index (χ1) is 26.2. The Balaban J connectivity index is 4.31. The Labute approximate surface area is 336 Å². The van der Waals surface area contributed by atoms with Crippen LogP contribution in [-0.2, 0) is 28.6 Å². The molecule has 320 valence electrons. The molecule has 6 nitrogen and oxygen atoms in total. The molecule has 0 fully saturated rings. The Bertz CT molecular complexity index is 824. The van der Waals surface area contributed by atoms with Crippen LogP contribution in [0.4, 0.5) is 0 Å². The van der Waals surface area contributed by atoms with E-state index in [0.717, 1.165) is 69.6 Å². The third-order valence-electron chi connectivity index (χ3n) is 10.7. The van der Waals surface area contributed by atoms with Crippen molar-refractivity contribution in [3.8, 4) is 0 Å². The Morgan fingerprint density at radius 3 is 0.907 bits per heavy atom. The zero-order chi connectivity index (χ0) is 39.7. The fourth-order valence-corrected chi connectivity index (χ4v) is 7.11. The predicted octanol–water partition coefficient (Wildman–Crippen LogP) is 15.0. The highest BCUT2D eigenvalue weighted by atomic mass is 16.6. The quantitative estimate of drug-likeness (QED) is 0.0350. The number of ether oxygens (including phenoxy) is 3. The minimum atomic E-state index is -0.761. The van der Waals surface area contributed by atoms with Crippen LogP contribution in [0.15, 0.2) is 0 Å².